The van der Waals surface area contributed by atoms with Gasteiger partial charge in [-0.3, -0.25) is 0 Å². The number of H-pyrrole nitrogens is 1. The standard InChI is InChI=1S/C13H16N2O2/c1-8-5-9-6-10(3-4-14-2)15-12(9)7-11(8)13(16)17/h5-7,14-15H,3-4H2,1-2H3,(H,16,17). The lowest BCUT2D eigenvalue weighted by Crippen LogP contribution is -2.10. The first kappa shape index (κ1) is 11.7. The van der Waals surface area contributed by atoms with Crippen molar-refractivity contribution in [2.75, 3.05) is 13.6 Å². The van der Waals surface area contributed by atoms with Gasteiger partial charge >= 0.3 is 5.97 Å². The fraction of sp³-hybridized carbons (Fsp3) is 0.308. The molecule has 17 heavy (non-hydrogen) atoms. The van der Waals surface area contributed by atoms with Gasteiger partial charge in [0.1, 0.15) is 0 Å². The molecule has 0 saturated heterocycles. The quantitative estimate of drug-likeness (QED) is 0.754. The van der Waals surface area contributed by atoms with Gasteiger partial charge in [0, 0.05) is 17.8 Å². The number of carboxylic acids is 1. The Labute approximate surface area is 99.7 Å². The maximum atomic E-state index is 11.0. The van der Waals surface area contributed by atoms with E-state index in [1.807, 2.05) is 20.0 Å². The maximum absolute atomic E-state index is 11.0. The monoisotopic (exact) mass is 232 g/mol. The minimum atomic E-state index is -0.879. The van der Waals surface area contributed by atoms with Crippen molar-refractivity contribution in [2.24, 2.45) is 0 Å². The minimum Gasteiger partial charge on any atom is -0.478 e. The van der Waals surface area contributed by atoms with Gasteiger partial charge in [-0.2, -0.15) is 0 Å². The summed E-state index contributed by atoms with van der Waals surface area (Å²) in [7, 11) is 1.91. The molecule has 90 valence electrons. The molecule has 2 aromatic rings. The van der Waals surface area contributed by atoms with Crippen LogP contribution in [-0.4, -0.2) is 29.7 Å². The number of carboxylic acid groups (broad SMARTS) is 1. The van der Waals surface area contributed by atoms with Gasteiger partial charge < -0.3 is 15.4 Å². The number of carbonyl (C=O) groups is 1. The molecule has 0 aliphatic heterocycles. The molecule has 0 atom stereocenters. The van der Waals surface area contributed by atoms with Gasteiger partial charge in [0.15, 0.2) is 0 Å². The number of aromatic nitrogens is 1. The minimum absolute atomic E-state index is 0.361. The fourth-order valence-corrected chi connectivity index (χ4v) is 1.98. The predicted octanol–water partition coefficient (Wildman–Crippen LogP) is 1.94. The van der Waals surface area contributed by atoms with Crippen molar-refractivity contribution in [3.63, 3.8) is 0 Å². The van der Waals surface area contributed by atoms with Gasteiger partial charge in [0.25, 0.3) is 0 Å². The average Bonchev–Trinajstić information content (AvgIpc) is 2.66. The van der Waals surface area contributed by atoms with Gasteiger partial charge in [-0.1, -0.05) is 0 Å². The summed E-state index contributed by atoms with van der Waals surface area (Å²) in [5.41, 5.74) is 3.17. The van der Waals surface area contributed by atoms with Crippen molar-refractivity contribution >= 4 is 16.9 Å². The molecule has 0 bridgehead atoms. The van der Waals surface area contributed by atoms with E-state index >= 15 is 0 Å². The zero-order valence-electron chi connectivity index (χ0n) is 10.0. The van der Waals surface area contributed by atoms with Crippen molar-refractivity contribution in [1.29, 1.82) is 0 Å². The summed E-state index contributed by atoms with van der Waals surface area (Å²) in [4.78, 5) is 14.3. The highest BCUT2D eigenvalue weighted by molar-refractivity contribution is 5.95. The lowest BCUT2D eigenvalue weighted by Gasteiger charge is -2.00. The van der Waals surface area contributed by atoms with Crippen LogP contribution in [0.25, 0.3) is 10.9 Å². The van der Waals surface area contributed by atoms with Crippen molar-refractivity contribution in [3.8, 4) is 0 Å². The number of benzene rings is 1. The van der Waals surface area contributed by atoms with Crippen molar-refractivity contribution in [2.45, 2.75) is 13.3 Å². The second-order valence-electron chi connectivity index (χ2n) is 4.21. The SMILES string of the molecule is CNCCc1cc2cc(C)c(C(=O)O)cc2[nH]1. The van der Waals surface area contributed by atoms with Crippen molar-refractivity contribution in [3.05, 3.63) is 35.0 Å². The summed E-state index contributed by atoms with van der Waals surface area (Å²) >= 11 is 0. The smallest absolute Gasteiger partial charge is 0.336 e. The van der Waals surface area contributed by atoms with Gasteiger partial charge in [0.2, 0.25) is 0 Å². The number of fused-ring (bicyclic) bond motifs is 1. The Hall–Kier alpha value is -1.81. The van der Waals surface area contributed by atoms with Crippen LogP contribution in [0.1, 0.15) is 21.6 Å². The fourth-order valence-electron chi connectivity index (χ4n) is 1.98. The van der Waals surface area contributed by atoms with E-state index < -0.39 is 5.97 Å². The van der Waals surface area contributed by atoms with Gasteiger partial charge in [-0.05, 0) is 49.5 Å². The van der Waals surface area contributed by atoms with E-state index in [4.69, 9.17) is 5.11 Å². The summed E-state index contributed by atoms with van der Waals surface area (Å²) in [5.74, 6) is -0.879. The Bertz CT molecular complexity index is 558. The topological polar surface area (TPSA) is 65.1 Å². The zero-order valence-corrected chi connectivity index (χ0v) is 10.0. The molecule has 0 aliphatic rings. The number of hydrogen-bond acceptors (Lipinski definition) is 2. The van der Waals surface area contributed by atoms with E-state index in [2.05, 4.69) is 16.4 Å². The Kier molecular flexibility index (Phi) is 3.15. The molecule has 4 heteroatoms. The van der Waals surface area contributed by atoms with Crippen LogP contribution < -0.4 is 5.32 Å². The highest BCUT2D eigenvalue weighted by Crippen LogP contribution is 2.20. The van der Waals surface area contributed by atoms with E-state index in [1.54, 1.807) is 6.07 Å². The third-order valence-electron chi connectivity index (χ3n) is 2.90. The number of aryl methyl sites for hydroxylation is 1. The predicted molar refractivity (Wildman–Crippen MR) is 67.6 cm³/mol. The highest BCUT2D eigenvalue weighted by Gasteiger charge is 2.10. The molecule has 1 aromatic heterocycles. The van der Waals surface area contributed by atoms with Crippen LogP contribution in [-0.2, 0) is 6.42 Å². The molecular weight excluding hydrogens is 216 g/mol. The Morgan fingerprint density at radius 3 is 2.82 bits per heavy atom. The first-order chi connectivity index (χ1) is 8.11. The molecule has 3 N–H and O–H groups in total. The Balaban J connectivity index is 2.43. The average molecular weight is 232 g/mol. The number of likely N-dealkylation sites (N-methyl/N-ethyl adjacent to an activating group) is 1. The first-order valence-corrected chi connectivity index (χ1v) is 5.62. The third kappa shape index (κ3) is 2.31. The lowest BCUT2D eigenvalue weighted by atomic mass is 10.1. The summed E-state index contributed by atoms with van der Waals surface area (Å²) in [5, 5.41) is 13.2. The molecule has 2 rings (SSSR count). The maximum Gasteiger partial charge on any atom is 0.336 e. The molecule has 0 unspecified atom stereocenters. The van der Waals surface area contributed by atoms with E-state index in [-0.39, 0.29) is 0 Å². The summed E-state index contributed by atoms with van der Waals surface area (Å²) in [6.07, 6.45) is 0.909. The molecule has 0 aliphatic carbocycles. The largest absolute Gasteiger partial charge is 0.478 e. The van der Waals surface area contributed by atoms with Gasteiger partial charge in [-0.25, -0.2) is 4.79 Å². The molecule has 1 aromatic carbocycles. The van der Waals surface area contributed by atoms with Gasteiger partial charge in [-0.15, -0.1) is 0 Å². The number of aromatic amines is 1. The second kappa shape index (κ2) is 4.59. The summed E-state index contributed by atoms with van der Waals surface area (Å²) in [6.45, 7) is 2.72. The van der Waals surface area contributed by atoms with Crippen LogP contribution in [0.4, 0.5) is 0 Å². The van der Waals surface area contributed by atoms with E-state index in [0.717, 1.165) is 35.1 Å². The number of rotatable bonds is 4. The highest BCUT2D eigenvalue weighted by atomic mass is 16.4. The molecule has 0 fully saturated rings. The second-order valence-corrected chi connectivity index (χ2v) is 4.21. The molecular formula is C13H16N2O2. The van der Waals surface area contributed by atoms with Crippen LogP contribution in [0.5, 0.6) is 0 Å². The molecule has 0 spiro atoms. The molecule has 4 nitrogen and oxygen atoms in total. The van der Waals surface area contributed by atoms with E-state index in [1.165, 1.54) is 0 Å². The third-order valence-corrected chi connectivity index (χ3v) is 2.90. The summed E-state index contributed by atoms with van der Waals surface area (Å²) < 4.78 is 0. The van der Waals surface area contributed by atoms with Crippen LogP contribution in [0.15, 0.2) is 18.2 Å². The van der Waals surface area contributed by atoms with E-state index in [9.17, 15) is 4.79 Å². The van der Waals surface area contributed by atoms with Crippen LogP contribution in [0.2, 0.25) is 0 Å². The summed E-state index contributed by atoms with van der Waals surface area (Å²) in [6, 6.07) is 5.69. The number of hydrogen-bond donors (Lipinski definition) is 3. The van der Waals surface area contributed by atoms with Crippen LogP contribution >= 0.6 is 0 Å². The molecule has 0 amide bonds. The Morgan fingerprint density at radius 1 is 1.41 bits per heavy atom. The van der Waals surface area contributed by atoms with E-state index in [0.29, 0.717) is 5.56 Å². The molecule has 0 radical (unpaired) electrons. The van der Waals surface area contributed by atoms with Gasteiger partial charge in [0.05, 0.1) is 5.56 Å². The van der Waals surface area contributed by atoms with Crippen LogP contribution in [0.3, 0.4) is 0 Å². The molecule has 0 saturated carbocycles. The first-order valence-electron chi connectivity index (χ1n) is 5.62. The number of aromatic carboxylic acids is 1. The van der Waals surface area contributed by atoms with Crippen molar-refractivity contribution < 1.29 is 9.90 Å². The number of nitrogens with one attached hydrogen (secondary N) is 2. The molecule has 1 heterocycles. The van der Waals surface area contributed by atoms with Crippen molar-refractivity contribution in [1.82, 2.24) is 10.3 Å². The zero-order chi connectivity index (χ0) is 12.4. The Morgan fingerprint density at radius 2 is 2.18 bits per heavy atom. The normalized spacial score (nSPS) is 10.9. The van der Waals surface area contributed by atoms with Crippen LogP contribution in [0, 0.1) is 6.92 Å². The lowest BCUT2D eigenvalue weighted by molar-refractivity contribution is 0.0696.